The van der Waals surface area contributed by atoms with Crippen LogP contribution in [0.5, 0.6) is 0 Å². The number of nitriles is 1. The molecule has 2 aromatic rings. The predicted octanol–water partition coefficient (Wildman–Crippen LogP) is 3.63. The highest BCUT2D eigenvalue weighted by molar-refractivity contribution is 7.99. The summed E-state index contributed by atoms with van der Waals surface area (Å²) in [6.07, 6.45) is 1.92. The zero-order valence-electron chi connectivity index (χ0n) is 7.37. The van der Waals surface area contributed by atoms with Gasteiger partial charge in [0.15, 0.2) is 0 Å². The van der Waals surface area contributed by atoms with E-state index in [1.165, 1.54) is 35.2 Å². The lowest BCUT2D eigenvalue weighted by molar-refractivity contribution is 0.641. The summed E-state index contributed by atoms with van der Waals surface area (Å²) in [6.45, 7) is 0. The van der Waals surface area contributed by atoms with Gasteiger partial charge in [-0.2, -0.15) is 5.26 Å². The molecule has 0 unspecified atom stereocenters. The fourth-order valence-corrected chi connectivity index (χ4v) is 3.20. The number of hydrogen-bond donors (Lipinski definition) is 0. The van der Waals surface area contributed by atoms with Gasteiger partial charge in [0.2, 0.25) is 0 Å². The summed E-state index contributed by atoms with van der Waals surface area (Å²) < 4.78 is 13.9. The van der Waals surface area contributed by atoms with Gasteiger partial charge >= 0.3 is 0 Å². The van der Waals surface area contributed by atoms with E-state index in [0.717, 1.165) is 10.3 Å². The smallest absolute Gasteiger partial charge is 0.141 e. The van der Waals surface area contributed by atoms with Crippen molar-refractivity contribution in [3.63, 3.8) is 0 Å². The highest BCUT2D eigenvalue weighted by atomic mass is 32.2. The van der Waals surface area contributed by atoms with Crippen molar-refractivity contribution >= 4 is 33.2 Å². The average molecular weight is 223 g/mol. The summed E-state index contributed by atoms with van der Waals surface area (Å²) in [6, 6.07) is 4.97. The number of nitrogens with zero attached hydrogens (tertiary/aromatic N) is 1. The second-order valence-corrected chi connectivity index (χ2v) is 4.44. The van der Waals surface area contributed by atoms with Crippen molar-refractivity contribution in [1.82, 2.24) is 0 Å². The number of hydrogen-bond acceptors (Lipinski definition) is 3. The fraction of sp³-hybridized carbons (Fsp3) is 0.100. The summed E-state index contributed by atoms with van der Waals surface area (Å²) in [5.74, 6) is -0.246. The summed E-state index contributed by atoms with van der Waals surface area (Å²) in [7, 11) is 0. The third-order valence-electron chi connectivity index (χ3n) is 1.98. The van der Waals surface area contributed by atoms with Crippen molar-refractivity contribution in [2.75, 3.05) is 6.26 Å². The first-order valence-corrected chi connectivity index (χ1v) is 6.02. The van der Waals surface area contributed by atoms with Gasteiger partial charge in [-0.15, -0.1) is 23.1 Å². The van der Waals surface area contributed by atoms with Gasteiger partial charge in [0.25, 0.3) is 0 Å². The zero-order chi connectivity index (χ0) is 10.1. The molecule has 0 fully saturated rings. The molecular formula is C10H6FNS2. The zero-order valence-corrected chi connectivity index (χ0v) is 9.01. The van der Waals surface area contributed by atoms with Crippen LogP contribution in [0.15, 0.2) is 22.4 Å². The number of thioether (sulfide) groups is 1. The molecule has 70 valence electrons. The maximum atomic E-state index is 13.3. The molecule has 1 nitrogen and oxygen atoms in total. The Kier molecular flexibility index (Phi) is 2.44. The standard InChI is InChI=1S/C10H6FNS2/c1-13-8-5-14-10-7(11)3-2-6(4-12)9(8)10/h2-3,5H,1H3. The molecule has 0 aliphatic rings. The second kappa shape index (κ2) is 3.60. The molecule has 1 aromatic heterocycles. The lowest BCUT2D eigenvalue weighted by Crippen LogP contribution is -1.80. The van der Waals surface area contributed by atoms with Gasteiger partial charge in [0.1, 0.15) is 5.82 Å². The molecule has 0 aliphatic heterocycles. The van der Waals surface area contributed by atoms with Gasteiger partial charge in [0, 0.05) is 15.7 Å². The van der Waals surface area contributed by atoms with E-state index < -0.39 is 0 Å². The molecule has 0 spiro atoms. The minimum atomic E-state index is -0.246. The Labute approximate surface area is 89.2 Å². The van der Waals surface area contributed by atoms with Gasteiger partial charge in [0.05, 0.1) is 16.3 Å². The van der Waals surface area contributed by atoms with Gasteiger partial charge in [-0.1, -0.05) is 0 Å². The fourth-order valence-electron chi connectivity index (χ4n) is 1.33. The first-order chi connectivity index (χ1) is 6.77. The highest BCUT2D eigenvalue weighted by Gasteiger charge is 2.11. The number of rotatable bonds is 1. The van der Waals surface area contributed by atoms with E-state index >= 15 is 0 Å². The van der Waals surface area contributed by atoms with E-state index in [0.29, 0.717) is 10.3 Å². The monoisotopic (exact) mass is 223 g/mol. The number of fused-ring (bicyclic) bond motifs is 1. The number of thiophene rings is 1. The molecule has 1 heterocycles. The van der Waals surface area contributed by atoms with Crippen LogP contribution in [-0.2, 0) is 0 Å². The topological polar surface area (TPSA) is 23.8 Å². The molecule has 0 bridgehead atoms. The summed E-state index contributed by atoms with van der Waals surface area (Å²) >= 11 is 2.88. The summed E-state index contributed by atoms with van der Waals surface area (Å²) in [4.78, 5) is 0.973. The van der Waals surface area contributed by atoms with E-state index in [2.05, 4.69) is 6.07 Å². The van der Waals surface area contributed by atoms with Crippen molar-refractivity contribution in [3.05, 3.63) is 28.9 Å². The first kappa shape index (κ1) is 9.50. The average Bonchev–Trinajstić information content (AvgIpc) is 2.63. The van der Waals surface area contributed by atoms with Crippen LogP contribution >= 0.6 is 23.1 Å². The summed E-state index contributed by atoms with van der Waals surface area (Å²) in [5, 5.41) is 11.5. The minimum Gasteiger partial charge on any atom is -0.205 e. The van der Waals surface area contributed by atoms with E-state index in [9.17, 15) is 4.39 Å². The van der Waals surface area contributed by atoms with Crippen LogP contribution in [0.1, 0.15) is 5.56 Å². The molecule has 1 aromatic carbocycles. The summed E-state index contributed by atoms with van der Waals surface area (Å²) in [5.41, 5.74) is 0.548. The van der Waals surface area contributed by atoms with E-state index in [1.807, 2.05) is 11.6 Å². The maximum Gasteiger partial charge on any atom is 0.141 e. The van der Waals surface area contributed by atoms with Crippen LogP contribution in [0.3, 0.4) is 0 Å². The van der Waals surface area contributed by atoms with Crippen LogP contribution in [-0.4, -0.2) is 6.26 Å². The van der Waals surface area contributed by atoms with Crippen LogP contribution in [0.4, 0.5) is 4.39 Å². The lowest BCUT2D eigenvalue weighted by Gasteiger charge is -1.97. The Balaban J connectivity index is 2.90. The molecule has 0 saturated heterocycles. The number of benzene rings is 1. The Hall–Kier alpha value is -1.05. The van der Waals surface area contributed by atoms with E-state index in [1.54, 1.807) is 0 Å². The molecule has 0 N–H and O–H groups in total. The molecule has 0 amide bonds. The normalized spacial score (nSPS) is 10.4. The number of halogens is 1. The Morgan fingerprint density at radius 2 is 2.29 bits per heavy atom. The van der Waals surface area contributed by atoms with Crippen molar-refractivity contribution in [3.8, 4) is 6.07 Å². The largest absolute Gasteiger partial charge is 0.205 e. The Bertz CT molecular complexity index is 525. The van der Waals surface area contributed by atoms with Crippen molar-refractivity contribution in [2.45, 2.75) is 4.90 Å². The van der Waals surface area contributed by atoms with Crippen molar-refractivity contribution in [2.24, 2.45) is 0 Å². The molecule has 14 heavy (non-hydrogen) atoms. The van der Waals surface area contributed by atoms with Crippen LogP contribution < -0.4 is 0 Å². The van der Waals surface area contributed by atoms with Crippen LogP contribution in [0.25, 0.3) is 10.1 Å². The molecule has 0 radical (unpaired) electrons. The SMILES string of the molecule is CSc1csc2c(F)ccc(C#N)c12. The van der Waals surface area contributed by atoms with Crippen LogP contribution in [0, 0.1) is 17.1 Å². The second-order valence-electron chi connectivity index (χ2n) is 2.71. The van der Waals surface area contributed by atoms with Gasteiger partial charge in [-0.05, 0) is 18.4 Å². The van der Waals surface area contributed by atoms with Crippen molar-refractivity contribution < 1.29 is 4.39 Å². The highest BCUT2D eigenvalue weighted by Crippen LogP contribution is 2.35. The quantitative estimate of drug-likeness (QED) is 0.689. The molecule has 0 saturated carbocycles. The van der Waals surface area contributed by atoms with Gasteiger partial charge in [-0.25, -0.2) is 4.39 Å². The lowest BCUT2D eigenvalue weighted by atomic mass is 10.1. The molecule has 0 aliphatic carbocycles. The van der Waals surface area contributed by atoms with Crippen molar-refractivity contribution in [1.29, 1.82) is 5.26 Å². The van der Waals surface area contributed by atoms with Gasteiger partial charge in [-0.3, -0.25) is 0 Å². The molecule has 0 atom stereocenters. The van der Waals surface area contributed by atoms with Crippen LogP contribution in [0.2, 0.25) is 0 Å². The van der Waals surface area contributed by atoms with Gasteiger partial charge < -0.3 is 0 Å². The molecule has 2 rings (SSSR count). The molecule has 4 heteroatoms. The third-order valence-corrected chi connectivity index (χ3v) is 3.88. The van der Waals surface area contributed by atoms with E-state index in [4.69, 9.17) is 5.26 Å². The molecular weight excluding hydrogens is 217 g/mol. The Morgan fingerprint density at radius 3 is 2.93 bits per heavy atom. The maximum absolute atomic E-state index is 13.3. The Morgan fingerprint density at radius 1 is 1.50 bits per heavy atom. The minimum absolute atomic E-state index is 0.246. The van der Waals surface area contributed by atoms with E-state index in [-0.39, 0.29) is 5.82 Å². The first-order valence-electron chi connectivity index (χ1n) is 3.91. The third kappa shape index (κ3) is 1.29. The predicted molar refractivity (Wildman–Crippen MR) is 58.3 cm³/mol.